The van der Waals surface area contributed by atoms with E-state index < -0.39 is 15.3 Å². The predicted octanol–water partition coefficient (Wildman–Crippen LogP) is -0.426. The van der Waals surface area contributed by atoms with Crippen molar-refractivity contribution >= 4 is 10.0 Å². The minimum atomic E-state index is -3.56. The fourth-order valence-electron chi connectivity index (χ4n) is 1.66. The monoisotopic (exact) mass is 248 g/mol. The van der Waals surface area contributed by atoms with Gasteiger partial charge in [-0.2, -0.15) is 9.57 Å². The Morgan fingerprint density at radius 3 is 2.06 bits per heavy atom. The predicted molar refractivity (Wildman–Crippen MR) is 57.2 cm³/mol. The van der Waals surface area contributed by atoms with Gasteiger partial charge in [0, 0.05) is 27.3 Å². The van der Waals surface area contributed by atoms with E-state index in [0.29, 0.717) is 0 Å². The first-order valence-electron chi connectivity index (χ1n) is 4.91. The summed E-state index contributed by atoms with van der Waals surface area (Å²) in [5, 5.41) is 7.62. The molecule has 1 rings (SSSR count). The molecule has 3 atom stereocenters. The summed E-state index contributed by atoms with van der Waals surface area (Å²) in [7, 11) is -0.534. The molecule has 3 unspecified atom stereocenters. The molecule has 1 aliphatic rings. The van der Waals surface area contributed by atoms with Crippen molar-refractivity contribution in [3.8, 4) is 6.07 Å². The Labute approximate surface area is 95.8 Å². The van der Waals surface area contributed by atoms with Crippen LogP contribution in [0.3, 0.4) is 0 Å². The minimum absolute atomic E-state index is 0.239. The van der Waals surface area contributed by atoms with E-state index in [0.717, 1.165) is 0 Å². The van der Waals surface area contributed by atoms with Gasteiger partial charge in [0.2, 0.25) is 10.0 Å². The van der Waals surface area contributed by atoms with E-state index in [2.05, 4.69) is 0 Å². The first-order chi connectivity index (χ1) is 7.47. The van der Waals surface area contributed by atoms with Crippen molar-refractivity contribution in [3.05, 3.63) is 0 Å². The summed E-state index contributed by atoms with van der Waals surface area (Å²) in [4.78, 5) is 0. The lowest BCUT2D eigenvalue weighted by Crippen LogP contribution is -2.36. The smallest absolute Gasteiger partial charge is 0.230 e. The largest absolute Gasteiger partial charge is 0.377 e. The summed E-state index contributed by atoms with van der Waals surface area (Å²) >= 11 is 0. The highest BCUT2D eigenvalue weighted by Gasteiger charge is 2.41. The molecule has 7 heteroatoms. The van der Waals surface area contributed by atoms with Crippen LogP contribution in [-0.2, 0) is 19.5 Å². The van der Waals surface area contributed by atoms with Gasteiger partial charge in [0.1, 0.15) is 0 Å². The van der Waals surface area contributed by atoms with Crippen molar-refractivity contribution in [1.29, 1.82) is 5.26 Å². The fourth-order valence-corrected chi connectivity index (χ4v) is 2.95. The third-order valence-corrected chi connectivity index (χ3v) is 4.79. The topological polar surface area (TPSA) is 79.6 Å². The minimum Gasteiger partial charge on any atom is -0.377 e. The number of rotatable bonds is 4. The fraction of sp³-hybridized carbons (Fsp3) is 0.889. The summed E-state index contributed by atoms with van der Waals surface area (Å²) in [6, 6.07) is 1.74. The van der Waals surface area contributed by atoms with Crippen molar-refractivity contribution in [2.75, 3.05) is 27.3 Å². The molecule has 0 aliphatic carbocycles. The highest BCUT2D eigenvalue weighted by Crippen LogP contribution is 2.21. The molecule has 0 aromatic heterocycles. The molecule has 0 aromatic rings. The third-order valence-electron chi connectivity index (χ3n) is 2.78. The van der Waals surface area contributed by atoms with Crippen LogP contribution in [0.15, 0.2) is 0 Å². The second-order valence-corrected chi connectivity index (χ2v) is 5.94. The lowest BCUT2D eigenvalue weighted by atomic mass is 10.3. The highest BCUT2D eigenvalue weighted by molar-refractivity contribution is 7.90. The van der Waals surface area contributed by atoms with Gasteiger partial charge in [-0.05, 0) is 6.92 Å². The Balaban J connectivity index is 2.83. The zero-order chi connectivity index (χ0) is 12.3. The molecule has 1 fully saturated rings. The number of hydrogen-bond donors (Lipinski definition) is 0. The van der Waals surface area contributed by atoms with Crippen LogP contribution >= 0.6 is 0 Å². The normalized spacial score (nSPS) is 28.9. The first-order valence-corrected chi connectivity index (χ1v) is 6.41. The maximum atomic E-state index is 11.9. The molecule has 0 radical (unpaired) electrons. The van der Waals surface area contributed by atoms with Crippen molar-refractivity contribution in [2.24, 2.45) is 0 Å². The zero-order valence-corrected chi connectivity index (χ0v) is 10.4. The van der Waals surface area contributed by atoms with Crippen LogP contribution in [0.25, 0.3) is 0 Å². The number of methoxy groups -OCH3 is 2. The van der Waals surface area contributed by atoms with Crippen LogP contribution < -0.4 is 0 Å². The molecule has 0 amide bonds. The molecule has 0 spiro atoms. The molecule has 6 nitrogen and oxygen atoms in total. The molecule has 1 aliphatic heterocycles. The van der Waals surface area contributed by atoms with Gasteiger partial charge < -0.3 is 9.47 Å². The third kappa shape index (κ3) is 2.35. The van der Waals surface area contributed by atoms with Crippen molar-refractivity contribution in [2.45, 2.75) is 24.4 Å². The lowest BCUT2D eigenvalue weighted by Gasteiger charge is -2.16. The van der Waals surface area contributed by atoms with Gasteiger partial charge in [-0.25, -0.2) is 8.42 Å². The Kier molecular flexibility index (Phi) is 4.27. The van der Waals surface area contributed by atoms with Crippen LogP contribution in [0.1, 0.15) is 6.92 Å². The number of nitriles is 1. The van der Waals surface area contributed by atoms with Gasteiger partial charge in [-0.3, -0.25) is 0 Å². The average Bonchev–Trinajstić information content (AvgIpc) is 2.71. The molecule has 0 aromatic carbocycles. The zero-order valence-electron chi connectivity index (χ0n) is 9.58. The van der Waals surface area contributed by atoms with Gasteiger partial charge in [0.05, 0.1) is 18.3 Å². The summed E-state index contributed by atoms with van der Waals surface area (Å²) in [5.74, 6) is 0. The van der Waals surface area contributed by atoms with E-state index in [4.69, 9.17) is 14.7 Å². The summed E-state index contributed by atoms with van der Waals surface area (Å²) < 4.78 is 35.3. The molecular formula is C9H16N2O4S. The van der Waals surface area contributed by atoms with Crippen molar-refractivity contribution in [1.82, 2.24) is 4.31 Å². The molecule has 92 valence electrons. The van der Waals surface area contributed by atoms with Crippen LogP contribution in [-0.4, -0.2) is 57.5 Å². The average molecular weight is 248 g/mol. The summed E-state index contributed by atoms with van der Waals surface area (Å²) in [6.45, 7) is 1.85. The number of sulfonamides is 1. The molecule has 0 N–H and O–H groups in total. The molecular weight excluding hydrogens is 232 g/mol. The van der Waals surface area contributed by atoms with Gasteiger partial charge in [0.25, 0.3) is 0 Å². The number of ether oxygens (including phenoxy) is 2. The Hall–Kier alpha value is -0.680. The second-order valence-electron chi connectivity index (χ2n) is 3.68. The quantitative estimate of drug-likeness (QED) is 0.674. The van der Waals surface area contributed by atoms with E-state index in [1.807, 2.05) is 0 Å². The van der Waals surface area contributed by atoms with E-state index >= 15 is 0 Å². The van der Waals surface area contributed by atoms with E-state index in [-0.39, 0.29) is 25.3 Å². The van der Waals surface area contributed by atoms with E-state index in [1.165, 1.54) is 25.4 Å². The Morgan fingerprint density at radius 1 is 1.31 bits per heavy atom. The van der Waals surface area contributed by atoms with E-state index in [9.17, 15) is 8.42 Å². The highest BCUT2D eigenvalue weighted by atomic mass is 32.2. The summed E-state index contributed by atoms with van der Waals surface area (Å²) in [5.41, 5.74) is 0. The maximum absolute atomic E-state index is 11.9. The molecule has 1 saturated heterocycles. The van der Waals surface area contributed by atoms with Crippen molar-refractivity contribution in [3.63, 3.8) is 0 Å². The van der Waals surface area contributed by atoms with Gasteiger partial charge >= 0.3 is 0 Å². The Morgan fingerprint density at radius 2 is 1.75 bits per heavy atom. The second kappa shape index (κ2) is 5.10. The summed E-state index contributed by atoms with van der Waals surface area (Å²) in [6.07, 6.45) is -0.545. The SMILES string of the molecule is COC1CN(S(=O)(=O)C(C)C#N)CC1OC. The van der Waals surface area contributed by atoms with Crippen LogP contribution in [0.5, 0.6) is 0 Å². The molecule has 0 saturated carbocycles. The van der Waals surface area contributed by atoms with Crippen molar-refractivity contribution < 1.29 is 17.9 Å². The lowest BCUT2D eigenvalue weighted by molar-refractivity contribution is -0.00461. The maximum Gasteiger partial charge on any atom is 0.230 e. The van der Waals surface area contributed by atoms with Gasteiger partial charge in [-0.15, -0.1) is 0 Å². The van der Waals surface area contributed by atoms with Crippen LogP contribution in [0.2, 0.25) is 0 Å². The molecule has 16 heavy (non-hydrogen) atoms. The van der Waals surface area contributed by atoms with Crippen LogP contribution in [0.4, 0.5) is 0 Å². The van der Waals surface area contributed by atoms with E-state index in [1.54, 1.807) is 6.07 Å². The molecule has 1 heterocycles. The standard InChI is InChI=1S/C9H16N2O4S/c1-7(4-10)16(12,13)11-5-8(14-2)9(6-11)15-3/h7-9H,5-6H2,1-3H3. The first kappa shape index (κ1) is 13.4. The van der Waals surface area contributed by atoms with Gasteiger partial charge in [-0.1, -0.05) is 0 Å². The molecule has 0 bridgehead atoms. The van der Waals surface area contributed by atoms with Gasteiger partial charge in [0.15, 0.2) is 5.25 Å². The number of hydrogen-bond acceptors (Lipinski definition) is 5. The number of nitrogens with zero attached hydrogens (tertiary/aromatic N) is 2. The Bertz CT molecular complexity index is 363. The van der Waals surface area contributed by atoms with Crippen LogP contribution in [0, 0.1) is 11.3 Å².